The number of aliphatic hydroxyl groups is 1. The van der Waals surface area contributed by atoms with Crippen molar-refractivity contribution in [2.75, 3.05) is 0 Å². The summed E-state index contributed by atoms with van der Waals surface area (Å²) in [6, 6.07) is 10.0. The third-order valence-electron chi connectivity index (χ3n) is 3.84. The molecule has 1 N–H and O–H groups in total. The van der Waals surface area contributed by atoms with Gasteiger partial charge in [0.05, 0.1) is 6.10 Å². The van der Waals surface area contributed by atoms with Crippen LogP contribution in [0.5, 0.6) is 0 Å². The second-order valence-electron chi connectivity index (χ2n) is 5.60. The van der Waals surface area contributed by atoms with Gasteiger partial charge >= 0.3 is 0 Å². The Kier molecular flexibility index (Phi) is 4.52. The smallest absolute Gasteiger partial charge is 0.0833 e. The summed E-state index contributed by atoms with van der Waals surface area (Å²) in [5, 5.41) is 11.2. The van der Waals surface area contributed by atoms with E-state index in [4.69, 9.17) is 11.6 Å². The fraction of sp³-hybridized carbons (Fsp3) is 0.333. The van der Waals surface area contributed by atoms with Crippen molar-refractivity contribution in [3.05, 3.63) is 68.7 Å². The van der Waals surface area contributed by atoms with Gasteiger partial charge in [-0.2, -0.15) is 0 Å². The van der Waals surface area contributed by atoms with Crippen LogP contribution in [0.4, 0.5) is 0 Å². The molecule has 0 heterocycles. The number of hydrogen-bond donors (Lipinski definition) is 1. The highest BCUT2D eigenvalue weighted by atomic mass is 35.5. The zero-order valence-electron chi connectivity index (χ0n) is 12.5. The van der Waals surface area contributed by atoms with Gasteiger partial charge in [-0.05, 0) is 67.6 Å². The van der Waals surface area contributed by atoms with Gasteiger partial charge in [-0.15, -0.1) is 0 Å². The van der Waals surface area contributed by atoms with Crippen LogP contribution in [-0.4, -0.2) is 5.11 Å². The summed E-state index contributed by atoms with van der Waals surface area (Å²) in [7, 11) is 0. The number of aryl methyl sites for hydroxylation is 4. The van der Waals surface area contributed by atoms with Crippen LogP contribution in [0.3, 0.4) is 0 Å². The highest BCUT2D eigenvalue weighted by molar-refractivity contribution is 6.30. The van der Waals surface area contributed by atoms with Crippen LogP contribution < -0.4 is 0 Å². The molecule has 1 nitrogen and oxygen atoms in total. The second-order valence-corrected chi connectivity index (χ2v) is 6.03. The van der Waals surface area contributed by atoms with Gasteiger partial charge in [-0.3, -0.25) is 0 Å². The molecule has 0 aliphatic heterocycles. The standard InChI is InChI=1S/C18H21ClO/c1-11-7-13(3)16(14(4)8-11)10-18(20)17-9-15(19)6-5-12(17)2/h5-9,18,20H,10H2,1-4H3. The van der Waals surface area contributed by atoms with E-state index in [9.17, 15) is 5.11 Å². The van der Waals surface area contributed by atoms with Crippen molar-refractivity contribution >= 4 is 11.6 Å². The molecule has 1 atom stereocenters. The molecule has 2 aromatic rings. The third-order valence-corrected chi connectivity index (χ3v) is 4.07. The van der Waals surface area contributed by atoms with Crippen LogP contribution >= 0.6 is 11.6 Å². The highest BCUT2D eigenvalue weighted by Crippen LogP contribution is 2.27. The topological polar surface area (TPSA) is 20.2 Å². The van der Waals surface area contributed by atoms with Gasteiger partial charge in [0.25, 0.3) is 0 Å². The maximum atomic E-state index is 10.5. The predicted octanol–water partition coefficient (Wildman–Crippen LogP) is 4.85. The van der Waals surface area contributed by atoms with Crippen LogP contribution in [0.2, 0.25) is 5.02 Å². The van der Waals surface area contributed by atoms with Crippen molar-refractivity contribution in [1.82, 2.24) is 0 Å². The minimum absolute atomic E-state index is 0.520. The van der Waals surface area contributed by atoms with Crippen LogP contribution in [0.25, 0.3) is 0 Å². The fourth-order valence-electron chi connectivity index (χ4n) is 2.81. The first-order valence-corrected chi connectivity index (χ1v) is 7.27. The molecular weight excluding hydrogens is 268 g/mol. The van der Waals surface area contributed by atoms with E-state index in [1.807, 2.05) is 25.1 Å². The largest absolute Gasteiger partial charge is 0.388 e. The van der Waals surface area contributed by atoms with E-state index in [0.717, 1.165) is 11.1 Å². The molecule has 0 fully saturated rings. The first kappa shape index (κ1) is 15.1. The number of hydrogen-bond acceptors (Lipinski definition) is 1. The van der Waals surface area contributed by atoms with Gasteiger partial charge < -0.3 is 5.11 Å². The quantitative estimate of drug-likeness (QED) is 0.856. The number of rotatable bonds is 3. The molecule has 0 saturated carbocycles. The molecule has 0 spiro atoms. The average molecular weight is 289 g/mol. The summed E-state index contributed by atoms with van der Waals surface area (Å²) in [5.74, 6) is 0. The summed E-state index contributed by atoms with van der Waals surface area (Å²) in [4.78, 5) is 0. The summed E-state index contributed by atoms with van der Waals surface area (Å²) in [6.45, 7) is 8.31. The number of aliphatic hydroxyl groups excluding tert-OH is 1. The van der Waals surface area contributed by atoms with Crippen LogP contribution in [0.1, 0.15) is 39.5 Å². The van der Waals surface area contributed by atoms with Crippen molar-refractivity contribution in [2.45, 2.75) is 40.2 Å². The molecule has 0 amide bonds. The molecular formula is C18H21ClO. The van der Waals surface area contributed by atoms with E-state index in [0.29, 0.717) is 11.4 Å². The van der Waals surface area contributed by atoms with Crippen molar-refractivity contribution in [3.8, 4) is 0 Å². The van der Waals surface area contributed by atoms with Crippen molar-refractivity contribution in [2.24, 2.45) is 0 Å². The van der Waals surface area contributed by atoms with E-state index in [1.54, 1.807) is 0 Å². The summed E-state index contributed by atoms with van der Waals surface area (Å²) in [6.07, 6.45) is 0.105. The van der Waals surface area contributed by atoms with E-state index >= 15 is 0 Å². The SMILES string of the molecule is Cc1cc(C)c(CC(O)c2cc(Cl)ccc2C)c(C)c1. The Morgan fingerprint density at radius 2 is 1.55 bits per heavy atom. The predicted molar refractivity (Wildman–Crippen MR) is 85.5 cm³/mol. The van der Waals surface area contributed by atoms with Gasteiger partial charge in [0, 0.05) is 11.4 Å². The zero-order chi connectivity index (χ0) is 14.9. The maximum absolute atomic E-state index is 10.5. The van der Waals surface area contributed by atoms with E-state index in [-0.39, 0.29) is 0 Å². The Hall–Kier alpha value is -1.31. The molecule has 0 saturated heterocycles. The Morgan fingerprint density at radius 1 is 0.950 bits per heavy atom. The van der Waals surface area contributed by atoms with Gasteiger partial charge in [-0.25, -0.2) is 0 Å². The van der Waals surface area contributed by atoms with Gasteiger partial charge in [-0.1, -0.05) is 35.4 Å². The molecule has 0 radical (unpaired) electrons. The molecule has 106 valence electrons. The molecule has 20 heavy (non-hydrogen) atoms. The molecule has 0 aromatic heterocycles. The lowest BCUT2D eigenvalue weighted by atomic mass is 9.92. The van der Waals surface area contributed by atoms with Crippen LogP contribution in [0.15, 0.2) is 30.3 Å². The van der Waals surface area contributed by atoms with Crippen LogP contribution in [-0.2, 0) is 6.42 Å². The molecule has 0 aliphatic rings. The van der Waals surface area contributed by atoms with Gasteiger partial charge in [0.2, 0.25) is 0 Å². The molecule has 0 bridgehead atoms. The Morgan fingerprint density at radius 3 is 2.15 bits per heavy atom. The third kappa shape index (κ3) is 3.23. The van der Waals surface area contributed by atoms with Crippen molar-refractivity contribution in [3.63, 3.8) is 0 Å². The molecule has 0 aliphatic carbocycles. The minimum Gasteiger partial charge on any atom is -0.388 e. The lowest BCUT2D eigenvalue weighted by Crippen LogP contribution is -2.07. The van der Waals surface area contributed by atoms with Crippen molar-refractivity contribution in [1.29, 1.82) is 0 Å². The second kappa shape index (κ2) is 5.99. The lowest BCUT2D eigenvalue weighted by molar-refractivity contribution is 0.177. The van der Waals surface area contributed by atoms with Gasteiger partial charge in [0.1, 0.15) is 0 Å². The van der Waals surface area contributed by atoms with Gasteiger partial charge in [0.15, 0.2) is 0 Å². The molecule has 2 heteroatoms. The normalized spacial score (nSPS) is 12.5. The summed E-state index contributed by atoms with van der Waals surface area (Å²) in [5.41, 5.74) is 6.95. The summed E-state index contributed by atoms with van der Waals surface area (Å²) < 4.78 is 0. The van der Waals surface area contributed by atoms with Crippen molar-refractivity contribution < 1.29 is 5.11 Å². The molecule has 1 unspecified atom stereocenters. The van der Waals surface area contributed by atoms with E-state index < -0.39 is 6.10 Å². The first-order valence-electron chi connectivity index (χ1n) is 6.89. The highest BCUT2D eigenvalue weighted by Gasteiger charge is 2.14. The Balaban J connectivity index is 2.32. The first-order chi connectivity index (χ1) is 9.38. The Bertz CT molecular complexity index is 608. The monoisotopic (exact) mass is 288 g/mol. The Labute approximate surface area is 126 Å². The summed E-state index contributed by atoms with van der Waals surface area (Å²) >= 11 is 6.04. The minimum atomic E-state index is -0.520. The fourth-order valence-corrected chi connectivity index (χ4v) is 2.99. The molecule has 2 aromatic carbocycles. The van der Waals surface area contributed by atoms with E-state index in [2.05, 4.69) is 32.9 Å². The zero-order valence-corrected chi connectivity index (χ0v) is 13.3. The lowest BCUT2D eigenvalue weighted by Gasteiger charge is -2.18. The van der Waals surface area contributed by atoms with Crippen LogP contribution in [0, 0.1) is 27.7 Å². The molecule has 2 rings (SSSR count). The number of halogens is 1. The number of benzene rings is 2. The van der Waals surface area contributed by atoms with E-state index in [1.165, 1.54) is 22.3 Å². The average Bonchev–Trinajstić information content (AvgIpc) is 2.36. The maximum Gasteiger partial charge on any atom is 0.0833 e.